The van der Waals surface area contributed by atoms with Crippen LogP contribution in [0.15, 0.2) is 18.2 Å². The van der Waals surface area contributed by atoms with Crippen molar-refractivity contribution in [1.29, 1.82) is 0 Å². The van der Waals surface area contributed by atoms with E-state index >= 15 is 0 Å². The quantitative estimate of drug-likeness (QED) is 0.814. The molecule has 0 aliphatic heterocycles. The van der Waals surface area contributed by atoms with Gasteiger partial charge >= 0.3 is 12.3 Å². The number of alkyl halides is 3. The first-order chi connectivity index (χ1) is 9.76. The second kappa shape index (κ2) is 7.16. The molecule has 0 aliphatic carbocycles. The number of esters is 1. The largest absolute Gasteiger partial charge is 0.573 e. The summed E-state index contributed by atoms with van der Waals surface area (Å²) in [6, 6.07) is 2.82. The molecule has 1 aromatic rings. The molecule has 0 heterocycles. The van der Waals surface area contributed by atoms with Gasteiger partial charge in [-0.2, -0.15) is 0 Å². The fourth-order valence-corrected chi connectivity index (χ4v) is 1.62. The van der Waals surface area contributed by atoms with Gasteiger partial charge in [0.25, 0.3) is 0 Å². The van der Waals surface area contributed by atoms with E-state index in [1.807, 2.05) is 0 Å². The van der Waals surface area contributed by atoms with E-state index < -0.39 is 24.1 Å². The van der Waals surface area contributed by atoms with Crippen LogP contribution in [0.1, 0.15) is 12.5 Å². The summed E-state index contributed by atoms with van der Waals surface area (Å²) in [4.78, 5) is 11.4. The van der Waals surface area contributed by atoms with Crippen LogP contribution in [0.2, 0.25) is 0 Å². The van der Waals surface area contributed by atoms with Gasteiger partial charge in [0.15, 0.2) is 0 Å². The molecule has 1 rings (SSSR count). The summed E-state index contributed by atoms with van der Waals surface area (Å²) >= 11 is 0. The van der Waals surface area contributed by atoms with Crippen molar-refractivity contribution < 1.29 is 32.2 Å². The monoisotopic (exact) mass is 307 g/mol. The number of nitrogens with two attached hydrogens (primary N) is 1. The summed E-state index contributed by atoms with van der Waals surface area (Å²) in [7, 11) is 1.32. The van der Waals surface area contributed by atoms with Crippen LogP contribution in [0, 0.1) is 0 Å². The third-order valence-corrected chi connectivity index (χ3v) is 2.53. The highest BCUT2D eigenvalue weighted by molar-refractivity contribution is 5.76. The highest BCUT2D eigenvalue weighted by Gasteiger charge is 2.32. The maximum atomic E-state index is 12.4. The van der Waals surface area contributed by atoms with Gasteiger partial charge in [-0.15, -0.1) is 13.2 Å². The Bertz CT molecular complexity index is 491. The number of hydrogen-bond acceptors (Lipinski definition) is 5. The molecule has 1 atom stereocenters. The van der Waals surface area contributed by atoms with E-state index in [0.29, 0.717) is 0 Å². The van der Waals surface area contributed by atoms with Crippen molar-refractivity contribution in [1.82, 2.24) is 0 Å². The Labute approximate surface area is 119 Å². The van der Waals surface area contributed by atoms with Gasteiger partial charge in [0.2, 0.25) is 0 Å². The molecule has 0 amide bonds. The lowest BCUT2D eigenvalue weighted by Gasteiger charge is -2.16. The van der Waals surface area contributed by atoms with Gasteiger partial charge in [-0.1, -0.05) is 6.07 Å². The molecule has 0 saturated carbocycles. The molecule has 0 aliphatic rings. The molecule has 118 valence electrons. The van der Waals surface area contributed by atoms with E-state index in [9.17, 15) is 18.0 Å². The summed E-state index contributed by atoms with van der Waals surface area (Å²) in [5.41, 5.74) is 5.73. The lowest BCUT2D eigenvalue weighted by Crippen LogP contribution is -2.34. The minimum absolute atomic E-state index is 0.133. The first-order valence-electron chi connectivity index (χ1n) is 6.11. The average Bonchev–Trinajstić information content (AvgIpc) is 2.39. The molecule has 21 heavy (non-hydrogen) atoms. The van der Waals surface area contributed by atoms with Crippen LogP contribution in [0.4, 0.5) is 13.2 Å². The molecular formula is C13H16F3NO4. The normalized spacial score (nSPS) is 12.7. The predicted octanol–water partition coefficient (Wildman–Crippen LogP) is 2.03. The molecule has 1 aromatic carbocycles. The van der Waals surface area contributed by atoms with E-state index in [-0.39, 0.29) is 24.3 Å². The molecule has 8 heteroatoms. The van der Waals surface area contributed by atoms with Crippen LogP contribution in [0.25, 0.3) is 0 Å². The number of carbonyl (C=O) groups is 1. The average molecular weight is 307 g/mol. The van der Waals surface area contributed by atoms with E-state index in [4.69, 9.17) is 15.2 Å². The van der Waals surface area contributed by atoms with Gasteiger partial charge in [-0.25, -0.2) is 0 Å². The van der Waals surface area contributed by atoms with Crippen LogP contribution in [-0.4, -0.2) is 32.1 Å². The molecule has 0 spiro atoms. The zero-order valence-corrected chi connectivity index (χ0v) is 11.6. The zero-order valence-electron chi connectivity index (χ0n) is 11.6. The lowest BCUT2D eigenvalue weighted by molar-refractivity contribution is -0.274. The number of methoxy groups -OCH3 is 1. The van der Waals surface area contributed by atoms with Crippen molar-refractivity contribution in [3.63, 3.8) is 0 Å². The van der Waals surface area contributed by atoms with Crippen molar-refractivity contribution in [3.8, 4) is 11.5 Å². The minimum atomic E-state index is -4.85. The molecule has 0 fully saturated rings. The second-order valence-electron chi connectivity index (χ2n) is 4.08. The Hall–Kier alpha value is -1.96. The summed E-state index contributed by atoms with van der Waals surface area (Å²) < 4.78 is 50.6. The van der Waals surface area contributed by atoms with E-state index in [0.717, 1.165) is 6.07 Å². The molecule has 0 bridgehead atoms. The number of benzene rings is 1. The molecule has 0 aromatic heterocycles. The lowest BCUT2D eigenvalue weighted by atomic mass is 10.1. The number of carbonyl (C=O) groups excluding carboxylic acids is 1. The third kappa shape index (κ3) is 5.50. The summed E-state index contributed by atoms with van der Waals surface area (Å²) in [5, 5.41) is 0. The predicted molar refractivity (Wildman–Crippen MR) is 68.0 cm³/mol. The van der Waals surface area contributed by atoms with Crippen molar-refractivity contribution >= 4 is 5.97 Å². The first-order valence-corrected chi connectivity index (χ1v) is 6.11. The van der Waals surface area contributed by atoms with Crippen LogP contribution >= 0.6 is 0 Å². The van der Waals surface area contributed by atoms with E-state index in [2.05, 4.69) is 4.74 Å². The Balaban J connectivity index is 2.97. The Morgan fingerprint density at radius 2 is 2.05 bits per heavy atom. The molecule has 1 unspecified atom stereocenters. The van der Waals surface area contributed by atoms with Crippen LogP contribution in [0.3, 0.4) is 0 Å². The van der Waals surface area contributed by atoms with Gasteiger partial charge in [-0.3, -0.25) is 4.79 Å². The van der Waals surface area contributed by atoms with Crippen LogP contribution in [-0.2, 0) is 16.0 Å². The van der Waals surface area contributed by atoms with E-state index in [1.165, 1.54) is 19.2 Å². The molecule has 0 saturated heterocycles. The molecule has 0 radical (unpaired) electrons. The fraction of sp³-hybridized carbons (Fsp3) is 0.462. The highest BCUT2D eigenvalue weighted by Crippen LogP contribution is 2.30. The van der Waals surface area contributed by atoms with Crippen LogP contribution < -0.4 is 15.2 Å². The Morgan fingerprint density at radius 3 is 2.57 bits per heavy atom. The smallest absolute Gasteiger partial charge is 0.497 e. The third-order valence-electron chi connectivity index (χ3n) is 2.53. The topological polar surface area (TPSA) is 70.8 Å². The summed E-state index contributed by atoms with van der Waals surface area (Å²) in [5.74, 6) is -0.949. The van der Waals surface area contributed by atoms with Gasteiger partial charge in [0.05, 0.1) is 13.7 Å². The first kappa shape index (κ1) is 17.1. The van der Waals surface area contributed by atoms with Crippen molar-refractivity contribution in [2.24, 2.45) is 5.73 Å². The van der Waals surface area contributed by atoms with Crippen molar-refractivity contribution in [2.75, 3.05) is 13.7 Å². The fourth-order valence-electron chi connectivity index (χ4n) is 1.62. The Kier molecular flexibility index (Phi) is 5.83. The summed E-state index contributed by atoms with van der Waals surface area (Å²) in [6.07, 6.45) is -5.00. The van der Waals surface area contributed by atoms with E-state index in [1.54, 1.807) is 6.92 Å². The number of halogens is 3. The number of hydrogen-bond donors (Lipinski definition) is 1. The molecule has 2 N–H and O–H groups in total. The summed E-state index contributed by atoms with van der Waals surface area (Å²) in [6.45, 7) is 1.75. The SMILES string of the molecule is CCOC(=O)C(N)Cc1ccc(OC)cc1OC(F)(F)F. The van der Waals surface area contributed by atoms with Crippen LogP contribution in [0.5, 0.6) is 11.5 Å². The van der Waals surface area contributed by atoms with Crippen molar-refractivity contribution in [2.45, 2.75) is 25.7 Å². The maximum absolute atomic E-state index is 12.4. The maximum Gasteiger partial charge on any atom is 0.573 e. The second-order valence-corrected chi connectivity index (χ2v) is 4.08. The molecular weight excluding hydrogens is 291 g/mol. The minimum Gasteiger partial charge on any atom is -0.497 e. The van der Waals surface area contributed by atoms with Gasteiger partial charge in [0.1, 0.15) is 17.5 Å². The Morgan fingerprint density at radius 1 is 1.38 bits per heavy atom. The van der Waals surface area contributed by atoms with Crippen molar-refractivity contribution in [3.05, 3.63) is 23.8 Å². The zero-order chi connectivity index (χ0) is 16.0. The van der Waals surface area contributed by atoms with Gasteiger partial charge in [0, 0.05) is 12.5 Å². The number of ether oxygens (including phenoxy) is 3. The van der Waals surface area contributed by atoms with Gasteiger partial charge < -0.3 is 19.9 Å². The number of rotatable bonds is 6. The standard InChI is InChI=1S/C13H16F3NO4/c1-3-20-12(18)10(17)6-8-4-5-9(19-2)7-11(8)21-13(14,15)16/h4-5,7,10H,3,6,17H2,1-2H3. The van der Waals surface area contributed by atoms with Gasteiger partial charge in [-0.05, 0) is 18.6 Å². The molecule has 5 nitrogen and oxygen atoms in total. The highest BCUT2D eigenvalue weighted by atomic mass is 19.4.